The van der Waals surface area contributed by atoms with E-state index in [1.807, 2.05) is 12.1 Å². The van der Waals surface area contributed by atoms with Gasteiger partial charge in [-0.25, -0.2) is 4.39 Å². The summed E-state index contributed by atoms with van der Waals surface area (Å²) in [6, 6.07) is 5.63. The lowest BCUT2D eigenvalue weighted by atomic mass is 9.98. The van der Waals surface area contributed by atoms with Gasteiger partial charge in [-0.05, 0) is 30.0 Å². The molecular formula is C14H20FNO. The van der Waals surface area contributed by atoms with Crippen LogP contribution in [-0.4, -0.2) is 26.3 Å². The van der Waals surface area contributed by atoms with Gasteiger partial charge in [0.15, 0.2) is 0 Å². The molecule has 1 aromatic carbocycles. The highest BCUT2D eigenvalue weighted by atomic mass is 19.1. The van der Waals surface area contributed by atoms with Gasteiger partial charge in [0, 0.05) is 13.1 Å². The Morgan fingerprint density at radius 3 is 2.65 bits per heavy atom. The van der Waals surface area contributed by atoms with Gasteiger partial charge in [0.25, 0.3) is 0 Å². The summed E-state index contributed by atoms with van der Waals surface area (Å²) in [6.07, 6.45) is 1.04. The number of hydrogen-bond donors (Lipinski definition) is 0. The first-order valence-electron chi connectivity index (χ1n) is 6.34. The number of ether oxygens (including phenoxy) is 1. The molecule has 0 radical (unpaired) electrons. The van der Waals surface area contributed by atoms with E-state index < -0.39 is 0 Å². The van der Waals surface area contributed by atoms with Gasteiger partial charge >= 0.3 is 0 Å². The maximum atomic E-state index is 14.0. The third kappa shape index (κ3) is 2.78. The monoisotopic (exact) mass is 237 g/mol. The number of hydrogen-bond acceptors (Lipinski definition) is 2. The van der Waals surface area contributed by atoms with E-state index in [0.29, 0.717) is 24.8 Å². The van der Waals surface area contributed by atoms with Crippen LogP contribution in [0, 0.1) is 5.82 Å². The summed E-state index contributed by atoms with van der Waals surface area (Å²) in [6.45, 7) is 7.18. The second-order valence-electron chi connectivity index (χ2n) is 4.62. The molecule has 0 amide bonds. The normalized spacial score (nSPS) is 18.2. The van der Waals surface area contributed by atoms with Crippen LogP contribution >= 0.6 is 0 Å². The summed E-state index contributed by atoms with van der Waals surface area (Å²) in [7, 11) is 0. The van der Waals surface area contributed by atoms with Crippen molar-refractivity contribution in [2.24, 2.45) is 0 Å². The van der Waals surface area contributed by atoms with E-state index in [0.717, 1.165) is 25.1 Å². The van der Waals surface area contributed by atoms with Crippen molar-refractivity contribution in [2.45, 2.75) is 26.2 Å². The topological polar surface area (TPSA) is 12.5 Å². The van der Waals surface area contributed by atoms with Gasteiger partial charge in [0.1, 0.15) is 5.82 Å². The molecule has 2 rings (SSSR count). The molecule has 1 heterocycles. The smallest absolute Gasteiger partial charge is 0.146 e. The zero-order valence-corrected chi connectivity index (χ0v) is 10.6. The van der Waals surface area contributed by atoms with Crippen LogP contribution in [0.5, 0.6) is 0 Å². The largest absolute Gasteiger partial charge is 0.378 e. The average molecular weight is 237 g/mol. The Morgan fingerprint density at radius 1 is 1.35 bits per heavy atom. The molecule has 1 aromatic rings. The first-order chi connectivity index (χ1) is 8.22. The lowest BCUT2D eigenvalue weighted by Gasteiger charge is -2.29. The van der Waals surface area contributed by atoms with Crippen LogP contribution in [-0.2, 0) is 4.74 Å². The minimum Gasteiger partial charge on any atom is -0.378 e. The number of morpholine rings is 1. The Kier molecular flexibility index (Phi) is 4.00. The highest BCUT2D eigenvalue weighted by molar-refractivity contribution is 5.49. The SMILES string of the molecule is CCC(C)c1ccc(N2CCOCC2)c(F)c1. The Bertz CT molecular complexity index is 374. The van der Waals surface area contributed by atoms with Crippen molar-refractivity contribution in [2.75, 3.05) is 31.2 Å². The molecule has 0 N–H and O–H groups in total. The van der Waals surface area contributed by atoms with E-state index in [2.05, 4.69) is 18.7 Å². The highest BCUT2D eigenvalue weighted by Crippen LogP contribution is 2.26. The molecule has 0 bridgehead atoms. The zero-order chi connectivity index (χ0) is 12.3. The summed E-state index contributed by atoms with van der Waals surface area (Å²) >= 11 is 0. The number of halogens is 1. The predicted octanol–water partition coefficient (Wildman–Crippen LogP) is 3.18. The molecule has 1 aliphatic heterocycles. The van der Waals surface area contributed by atoms with Crippen molar-refractivity contribution in [3.05, 3.63) is 29.6 Å². The fraction of sp³-hybridized carbons (Fsp3) is 0.571. The van der Waals surface area contributed by atoms with Gasteiger partial charge in [-0.15, -0.1) is 0 Å². The van der Waals surface area contributed by atoms with Crippen LogP contribution < -0.4 is 4.90 Å². The summed E-state index contributed by atoms with van der Waals surface area (Å²) in [4.78, 5) is 2.05. The first kappa shape index (κ1) is 12.4. The van der Waals surface area contributed by atoms with Crippen molar-refractivity contribution >= 4 is 5.69 Å². The Balaban J connectivity index is 2.18. The molecule has 0 aliphatic carbocycles. The minimum atomic E-state index is -0.107. The van der Waals surface area contributed by atoms with Crippen LogP contribution in [0.2, 0.25) is 0 Å². The number of benzene rings is 1. The summed E-state index contributed by atoms with van der Waals surface area (Å²) in [5, 5.41) is 0. The van der Waals surface area contributed by atoms with Crippen LogP contribution in [0.15, 0.2) is 18.2 Å². The average Bonchev–Trinajstić information content (AvgIpc) is 2.38. The van der Waals surface area contributed by atoms with E-state index in [-0.39, 0.29) is 5.82 Å². The maximum Gasteiger partial charge on any atom is 0.146 e. The van der Waals surface area contributed by atoms with Crippen molar-refractivity contribution in [3.63, 3.8) is 0 Å². The van der Waals surface area contributed by atoms with Crippen LogP contribution in [0.1, 0.15) is 31.7 Å². The van der Waals surface area contributed by atoms with E-state index in [1.54, 1.807) is 6.07 Å². The van der Waals surface area contributed by atoms with Crippen molar-refractivity contribution in [3.8, 4) is 0 Å². The molecule has 2 nitrogen and oxygen atoms in total. The summed E-state index contributed by atoms with van der Waals surface area (Å²) in [5.74, 6) is 0.313. The Hall–Kier alpha value is -1.09. The van der Waals surface area contributed by atoms with E-state index in [9.17, 15) is 4.39 Å². The number of nitrogens with zero attached hydrogens (tertiary/aromatic N) is 1. The molecule has 1 fully saturated rings. The minimum absolute atomic E-state index is 0.107. The molecule has 17 heavy (non-hydrogen) atoms. The molecule has 0 spiro atoms. The lowest BCUT2D eigenvalue weighted by Crippen LogP contribution is -2.36. The third-order valence-corrected chi connectivity index (χ3v) is 3.50. The molecule has 1 aliphatic rings. The van der Waals surface area contributed by atoms with Crippen LogP contribution in [0.4, 0.5) is 10.1 Å². The molecule has 3 heteroatoms. The standard InChI is InChI=1S/C14H20FNO/c1-3-11(2)12-4-5-14(13(15)10-12)16-6-8-17-9-7-16/h4-5,10-11H,3,6-9H2,1-2H3. The quantitative estimate of drug-likeness (QED) is 0.800. The number of anilines is 1. The van der Waals surface area contributed by atoms with Crippen molar-refractivity contribution in [1.82, 2.24) is 0 Å². The van der Waals surface area contributed by atoms with Crippen LogP contribution in [0.25, 0.3) is 0 Å². The second-order valence-corrected chi connectivity index (χ2v) is 4.62. The fourth-order valence-corrected chi connectivity index (χ4v) is 2.13. The second kappa shape index (κ2) is 5.50. The number of rotatable bonds is 3. The third-order valence-electron chi connectivity index (χ3n) is 3.50. The van der Waals surface area contributed by atoms with E-state index in [4.69, 9.17) is 4.74 Å². The lowest BCUT2D eigenvalue weighted by molar-refractivity contribution is 0.122. The molecule has 94 valence electrons. The van der Waals surface area contributed by atoms with Crippen molar-refractivity contribution in [1.29, 1.82) is 0 Å². The van der Waals surface area contributed by atoms with E-state index in [1.165, 1.54) is 0 Å². The van der Waals surface area contributed by atoms with Gasteiger partial charge in [0.2, 0.25) is 0 Å². The van der Waals surface area contributed by atoms with Gasteiger partial charge in [-0.3, -0.25) is 0 Å². The maximum absolute atomic E-state index is 14.0. The van der Waals surface area contributed by atoms with Gasteiger partial charge in [-0.2, -0.15) is 0 Å². The summed E-state index contributed by atoms with van der Waals surface area (Å²) < 4.78 is 19.3. The van der Waals surface area contributed by atoms with Crippen molar-refractivity contribution < 1.29 is 9.13 Å². The van der Waals surface area contributed by atoms with Gasteiger partial charge < -0.3 is 9.64 Å². The Labute approximate surface area is 102 Å². The first-order valence-corrected chi connectivity index (χ1v) is 6.34. The zero-order valence-electron chi connectivity index (χ0n) is 10.6. The predicted molar refractivity (Wildman–Crippen MR) is 68.1 cm³/mol. The molecule has 1 unspecified atom stereocenters. The molecule has 0 saturated carbocycles. The molecular weight excluding hydrogens is 217 g/mol. The summed E-state index contributed by atoms with van der Waals surface area (Å²) in [5.41, 5.74) is 1.79. The molecule has 0 aromatic heterocycles. The Morgan fingerprint density at radius 2 is 2.06 bits per heavy atom. The van der Waals surface area contributed by atoms with Crippen LogP contribution in [0.3, 0.4) is 0 Å². The fourth-order valence-electron chi connectivity index (χ4n) is 2.13. The van der Waals surface area contributed by atoms with E-state index >= 15 is 0 Å². The van der Waals surface area contributed by atoms with Gasteiger partial charge in [-0.1, -0.05) is 19.9 Å². The molecule has 1 atom stereocenters. The molecule has 1 saturated heterocycles. The highest BCUT2D eigenvalue weighted by Gasteiger charge is 2.16. The van der Waals surface area contributed by atoms with Gasteiger partial charge in [0.05, 0.1) is 18.9 Å².